The van der Waals surface area contributed by atoms with Crippen molar-refractivity contribution >= 4 is 29.9 Å². The van der Waals surface area contributed by atoms with Crippen molar-refractivity contribution in [1.29, 1.82) is 0 Å². The molecule has 0 amide bonds. The van der Waals surface area contributed by atoms with E-state index in [4.69, 9.17) is 0 Å². The molecule has 2 aliphatic rings. The van der Waals surface area contributed by atoms with E-state index in [1.807, 2.05) is 7.05 Å². The van der Waals surface area contributed by atoms with Crippen LogP contribution in [-0.4, -0.2) is 45.8 Å². The molecule has 0 radical (unpaired) electrons. The fraction of sp³-hybridized carbons (Fsp3) is 0.812. The lowest BCUT2D eigenvalue weighted by atomic mass is 10.00. The predicted molar refractivity (Wildman–Crippen MR) is 103 cm³/mol. The zero-order valence-electron chi connectivity index (χ0n) is 14.3. The van der Waals surface area contributed by atoms with Crippen molar-refractivity contribution in [3.05, 3.63) is 11.6 Å². The summed E-state index contributed by atoms with van der Waals surface area (Å²) in [5, 5.41) is 12.2. The van der Waals surface area contributed by atoms with Gasteiger partial charge in [0, 0.05) is 33.1 Å². The highest BCUT2D eigenvalue weighted by atomic mass is 127. The summed E-state index contributed by atoms with van der Waals surface area (Å²) in [7, 11) is 1.87. The molecule has 1 aromatic heterocycles. The number of fused-ring (bicyclic) bond motifs is 1. The second-order valence-corrected chi connectivity index (χ2v) is 6.57. The highest BCUT2D eigenvalue weighted by Crippen LogP contribution is 2.17. The largest absolute Gasteiger partial charge is 0.349 e. The third kappa shape index (κ3) is 4.58. The molecule has 23 heavy (non-hydrogen) atoms. The molecule has 0 unspecified atom stereocenters. The van der Waals surface area contributed by atoms with E-state index in [1.165, 1.54) is 32.1 Å². The van der Waals surface area contributed by atoms with Crippen LogP contribution in [0.4, 0.5) is 0 Å². The van der Waals surface area contributed by atoms with Crippen LogP contribution < -0.4 is 5.32 Å². The van der Waals surface area contributed by atoms with Gasteiger partial charge in [-0.2, -0.15) is 0 Å². The zero-order chi connectivity index (χ0) is 15.4. The third-order valence-electron chi connectivity index (χ3n) is 4.89. The van der Waals surface area contributed by atoms with Gasteiger partial charge < -0.3 is 14.8 Å². The molecule has 7 heteroatoms. The molecule has 0 spiro atoms. The van der Waals surface area contributed by atoms with Gasteiger partial charge in [-0.3, -0.25) is 4.99 Å². The average Bonchev–Trinajstić information content (AvgIpc) is 2.77. The van der Waals surface area contributed by atoms with E-state index in [9.17, 15) is 0 Å². The van der Waals surface area contributed by atoms with Gasteiger partial charge >= 0.3 is 0 Å². The number of hydrogen-bond acceptors (Lipinski definition) is 3. The summed E-state index contributed by atoms with van der Waals surface area (Å²) in [6, 6.07) is 0. The maximum atomic E-state index is 4.44. The number of aromatic nitrogens is 3. The van der Waals surface area contributed by atoms with Crippen LogP contribution in [0.3, 0.4) is 0 Å². The van der Waals surface area contributed by atoms with Gasteiger partial charge in [0.2, 0.25) is 0 Å². The molecule has 3 heterocycles. The second-order valence-electron chi connectivity index (χ2n) is 6.57. The van der Waals surface area contributed by atoms with Gasteiger partial charge in [0.05, 0.1) is 6.54 Å². The maximum Gasteiger partial charge on any atom is 0.194 e. The minimum Gasteiger partial charge on any atom is -0.349 e. The fourth-order valence-corrected chi connectivity index (χ4v) is 3.39. The summed E-state index contributed by atoms with van der Waals surface area (Å²) < 4.78 is 2.30. The standard InChI is InChI=1S/C16H28N6.HI/c1-13-7-10-21(11-8-13)16(17-2)18-12-15-20-19-14-6-4-3-5-9-22(14)15;/h13H,3-12H2,1-2H3,(H,17,18);1H. The molecule has 3 rings (SSSR count). The highest BCUT2D eigenvalue weighted by Gasteiger charge is 2.20. The van der Waals surface area contributed by atoms with E-state index in [-0.39, 0.29) is 24.0 Å². The lowest BCUT2D eigenvalue weighted by Crippen LogP contribution is -2.45. The summed E-state index contributed by atoms with van der Waals surface area (Å²) in [6.07, 6.45) is 7.33. The Morgan fingerprint density at radius 1 is 1.17 bits per heavy atom. The smallest absolute Gasteiger partial charge is 0.194 e. The van der Waals surface area contributed by atoms with Crippen LogP contribution in [0.15, 0.2) is 4.99 Å². The Labute approximate surface area is 156 Å². The van der Waals surface area contributed by atoms with E-state index in [2.05, 4.69) is 36.9 Å². The lowest BCUT2D eigenvalue weighted by molar-refractivity contribution is 0.273. The number of nitrogens with one attached hydrogen (secondary N) is 1. The summed E-state index contributed by atoms with van der Waals surface area (Å²) in [4.78, 5) is 6.80. The van der Waals surface area contributed by atoms with Gasteiger partial charge in [0.1, 0.15) is 5.82 Å². The van der Waals surface area contributed by atoms with Crippen LogP contribution in [0.5, 0.6) is 0 Å². The summed E-state index contributed by atoms with van der Waals surface area (Å²) >= 11 is 0. The number of aryl methyl sites for hydroxylation is 1. The van der Waals surface area contributed by atoms with Crippen LogP contribution in [0.2, 0.25) is 0 Å². The molecule has 0 aliphatic carbocycles. The van der Waals surface area contributed by atoms with Gasteiger partial charge in [-0.1, -0.05) is 13.3 Å². The molecular formula is C16H29IN6. The van der Waals surface area contributed by atoms with Crippen LogP contribution in [0.1, 0.15) is 50.7 Å². The molecule has 2 aliphatic heterocycles. The number of piperidine rings is 1. The lowest BCUT2D eigenvalue weighted by Gasteiger charge is -2.32. The number of hydrogen-bond donors (Lipinski definition) is 1. The Morgan fingerprint density at radius 3 is 2.70 bits per heavy atom. The minimum atomic E-state index is 0. The van der Waals surface area contributed by atoms with Gasteiger partial charge in [-0.25, -0.2) is 0 Å². The first-order valence-electron chi connectivity index (χ1n) is 8.64. The maximum absolute atomic E-state index is 4.44. The zero-order valence-corrected chi connectivity index (χ0v) is 16.6. The summed E-state index contributed by atoms with van der Waals surface area (Å²) in [6.45, 7) is 6.29. The number of aliphatic imine (C=N–C) groups is 1. The highest BCUT2D eigenvalue weighted by molar-refractivity contribution is 14.0. The van der Waals surface area contributed by atoms with E-state index < -0.39 is 0 Å². The monoisotopic (exact) mass is 432 g/mol. The number of likely N-dealkylation sites (tertiary alicyclic amines) is 1. The second kappa shape index (κ2) is 8.84. The molecule has 1 N–H and O–H groups in total. The third-order valence-corrected chi connectivity index (χ3v) is 4.89. The molecule has 0 atom stereocenters. The van der Waals surface area contributed by atoms with E-state index >= 15 is 0 Å². The van der Waals surface area contributed by atoms with Gasteiger partial charge in [-0.05, 0) is 31.6 Å². The van der Waals surface area contributed by atoms with Crippen molar-refractivity contribution in [2.75, 3.05) is 20.1 Å². The molecule has 0 aromatic carbocycles. The average molecular weight is 432 g/mol. The summed E-state index contributed by atoms with van der Waals surface area (Å²) in [5.74, 6) is 4.03. The van der Waals surface area contributed by atoms with Crippen molar-refractivity contribution in [3.8, 4) is 0 Å². The minimum absolute atomic E-state index is 0. The van der Waals surface area contributed by atoms with Gasteiger partial charge in [0.15, 0.2) is 11.8 Å². The summed E-state index contributed by atoms with van der Waals surface area (Å²) in [5.41, 5.74) is 0. The Bertz CT molecular complexity index is 519. The molecule has 1 aromatic rings. The number of rotatable bonds is 2. The Kier molecular flexibility index (Phi) is 7.10. The quantitative estimate of drug-likeness (QED) is 0.443. The van der Waals surface area contributed by atoms with Gasteiger partial charge in [-0.15, -0.1) is 34.2 Å². The fourth-order valence-electron chi connectivity index (χ4n) is 3.39. The topological polar surface area (TPSA) is 58.3 Å². The van der Waals surface area contributed by atoms with Crippen molar-refractivity contribution in [3.63, 3.8) is 0 Å². The first kappa shape index (κ1) is 18.5. The van der Waals surface area contributed by atoms with Crippen molar-refractivity contribution in [2.24, 2.45) is 10.9 Å². The molecule has 6 nitrogen and oxygen atoms in total. The van der Waals surface area contributed by atoms with Crippen LogP contribution in [0.25, 0.3) is 0 Å². The van der Waals surface area contributed by atoms with E-state index in [0.717, 1.165) is 49.6 Å². The molecule has 1 saturated heterocycles. The first-order chi connectivity index (χ1) is 10.8. The van der Waals surface area contributed by atoms with Crippen LogP contribution in [-0.2, 0) is 19.5 Å². The number of halogens is 1. The van der Waals surface area contributed by atoms with E-state index in [0.29, 0.717) is 6.54 Å². The van der Waals surface area contributed by atoms with Crippen molar-refractivity contribution in [1.82, 2.24) is 25.0 Å². The molecule has 0 saturated carbocycles. The SMILES string of the molecule is CN=C(NCc1nnc2n1CCCCC2)N1CCC(C)CC1.I. The Hall–Kier alpha value is -0.860. The van der Waals surface area contributed by atoms with Crippen LogP contribution in [0, 0.1) is 5.92 Å². The Balaban J connectivity index is 0.00000192. The Morgan fingerprint density at radius 2 is 1.96 bits per heavy atom. The number of guanidine groups is 1. The molecular weight excluding hydrogens is 403 g/mol. The van der Waals surface area contributed by atoms with Gasteiger partial charge in [0.25, 0.3) is 0 Å². The predicted octanol–water partition coefficient (Wildman–Crippen LogP) is 2.43. The first-order valence-corrected chi connectivity index (χ1v) is 8.64. The molecule has 1 fully saturated rings. The normalized spacial score (nSPS) is 19.7. The van der Waals surface area contributed by atoms with E-state index in [1.54, 1.807) is 0 Å². The van der Waals surface area contributed by atoms with Crippen molar-refractivity contribution in [2.45, 2.75) is 58.5 Å². The number of nitrogens with zero attached hydrogens (tertiary/aromatic N) is 5. The van der Waals surface area contributed by atoms with Crippen molar-refractivity contribution < 1.29 is 0 Å². The molecule has 130 valence electrons. The molecule has 0 bridgehead atoms. The van der Waals surface area contributed by atoms with Crippen LogP contribution >= 0.6 is 24.0 Å².